The Balaban J connectivity index is 2.68. The van der Waals surface area contributed by atoms with Gasteiger partial charge >= 0.3 is 5.97 Å². The molecule has 0 unspecified atom stereocenters. The van der Waals surface area contributed by atoms with Gasteiger partial charge in [-0.2, -0.15) is 0 Å². The van der Waals surface area contributed by atoms with E-state index in [0.717, 1.165) is 12.1 Å². The molecule has 0 bridgehead atoms. The number of nitro groups is 2. The summed E-state index contributed by atoms with van der Waals surface area (Å²) in [7, 11) is 0. The number of nitro benzene ring substituents is 2. The van der Waals surface area contributed by atoms with Gasteiger partial charge in [0.1, 0.15) is 5.56 Å². The summed E-state index contributed by atoms with van der Waals surface area (Å²) in [4.78, 5) is 31.4. The van der Waals surface area contributed by atoms with Crippen molar-refractivity contribution in [2.45, 2.75) is 0 Å². The van der Waals surface area contributed by atoms with Gasteiger partial charge in [-0.1, -0.05) is 12.1 Å². The van der Waals surface area contributed by atoms with Crippen LogP contribution in [0.5, 0.6) is 0 Å². The van der Waals surface area contributed by atoms with Gasteiger partial charge in [0, 0.05) is 12.1 Å². The fraction of sp³-hybridized carbons (Fsp3) is 0. The molecule has 2 aromatic rings. The highest BCUT2D eigenvalue weighted by Crippen LogP contribution is 2.37. The standard InChI is InChI=1S/C13H8N2O6/c16-13(17)9-6-4-8(5-7-9)12-10(14(18)19)2-1-3-11(12)15(20)21/h1-7H,(H,16,17). The van der Waals surface area contributed by atoms with Crippen LogP contribution < -0.4 is 0 Å². The van der Waals surface area contributed by atoms with Crippen LogP contribution in [-0.2, 0) is 0 Å². The molecule has 0 saturated carbocycles. The van der Waals surface area contributed by atoms with Crippen molar-refractivity contribution >= 4 is 17.3 Å². The molecule has 0 aliphatic rings. The summed E-state index contributed by atoms with van der Waals surface area (Å²) in [6.45, 7) is 0. The first-order valence-electron chi connectivity index (χ1n) is 5.67. The molecule has 0 fully saturated rings. The normalized spacial score (nSPS) is 10.1. The zero-order valence-electron chi connectivity index (χ0n) is 10.4. The Bertz CT molecular complexity index is 707. The molecule has 106 valence electrons. The zero-order chi connectivity index (χ0) is 15.6. The summed E-state index contributed by atoms with van der Waals surface area (Å²) in [5, 5.41) is 30.9. The molecule has 1 N–H and O–H groups in total. The average molecular weight is 288 g/mol. The van der Waals surface area contributed by atoms with Crippen molar-refractivity contribution in [3.63, 3.8) is 0 Å². The van der Waals surface area contributed by atoms with E-state index in [4.69, 9.17) is 5.11 Å². The summed E-state index contributed by atoms with van der Waals surface area (Å²) in [5.41, 5.74) is -0.775. The van der Waals surface area contributed by atoms with E-state index in [2.05, 4.69) is 0 Å². The highest BCUT2D eigenvalue weighted by atomic mass is 16.6. The fourth-order valence-electron chi connectivity index (χ4n) is 1.91. The fourth-order valence-corrected chi connectivity index (χ4v) is 1.91. The Labute approximate surface area is 117 Å². The van der Waals surface area contributed by atoms with Gasteiger partial charge in [-0.15, -0.1) is 0 Å². The molecule has 0 spiro atoms. The van der Waals surface area contributed by atoms with E-state index in [9.17, 15) is 25.0 Å². The highest BCUT2D eigenvalue weighted by Gasteiger charge is 2.25. The lowest BCUT2D eigenvalue weighted by atomic mass is 10.0. The second-order valence-corrected chi connectivity index (χ2v) is 4.07. The van der Waals surface area contributed by atoms with Crippen molar-refractivity contribution in [1.29, 1.82) is 0 Å². The number of aromatic carboxylic acids is 1. The van der Waals surface area contributed by atoms with Gasteiger partial charge in [-0.3, -0.25) is 20.2 Å². The lowest BCUT2D eigenvalue weighted by Gasteiger charge is -2.05. The summed E-state index contributed by atoms with van der Waals surface area (Å²) in [6.07, 6.45) is 0. The summed E-state index contributed by atoms with van der Waals surface area (Å²) < 4.78 is 0. The monoisotopic (exact) mass is 288 g/mol. The molecule has 8 heteroatoms. The van der Waals surface area contributed by atoms with Gasteiger partial charge in [0.05, 0.1) is 15.4 Å². The zero-order valence-corrected chi connectivity index (χ0v) is 10.4. The van der Waals surface area contributed by atoms with E-state index in [1.807, 2.05) is 0 Å². The molecular formula is C13H8N2O6. The summed E-state index contributed by atoms with van der Waals surface area (Å²) in [6, 6.07) is 8.63. The minimum absolute atomic E-state index is 0.0139. The minimum atomic E-state index is -1.15. The predicted molar refractivity (Wildman–Crippen MR) is 72.1 cm³/mol. The lowest BCUT2D eigenvalue weighted by Crippen LogP contribution is -1.99. The second kappa shape index (κ2) is 5.37. The van der Waals surface area contributed by atoms with Crippen LogP contribution >= 0.6 is 0 Å². The van der Waals surface area contributed by atoms with E-state index < -0.39 is 27.2 Å². The molecule has 2 aromatic carbocycles. The molecule has 0 aliphatic heterocycles. The predicted octanol–water partition coefficient (Wildman–Crippen LogP) is 2.87. The van der Waals surface area contributed by atoms with Crippen LogP contribution in [-0.4, -0.2) is 20.9 Å². The Morgan fingerprint density at radius 2 is 1.38 bits per heavy atom. The Morgan fingerprint density at radius 3 is 1.76 bits per heavy atom. The number of carboxylic acids is 1. The van der Waals surface area contributed by atoms with E-state index >= 15 is 0 Å². The topological polar surface area (TPSA) is 124 Å². The lowest BCUT2D eigenvalue weighted by molar-refractivity contribution is -0.392. The van der Waals surface area contributed by atoms with Crippen LogP contribution in [0.25, 0.3) is 11.1 Å². The van der Waals surface area contributed by atoms with Crippen LogP contribution in [0.4, 0.5) is 11.4 Å². The molecule has 0 heterocycles. The van der Waals surface area contributed by atoms with Gasteiger partial charge in [0.15, 0.2) is 0 Å². The van der Waals surface area contributed by atoms with Gasteiger partial charge < -0.3 is 5.11 Å². The van der Waals surface area contributed by atoms with Gasteiger partial charge in [-0.05, 0) is 23.8 Å². The third-order valence-electron chi connectivity index (χ3n) is 2.83. The molecule has 8 nitrogen and oxygen atoms in total. The number of hydrogen-bond acceptors (Lipinski definition) is 5. The van der Waals surface area contributed by atoms with Crippen molar-refractivity contribution in [3.05, 3.63) is 68.3 Å². The molecule has 2 rings (SSSR count). The molecule has 0 atom stereocenters. The molecule has 0 aromatic heterocycles. The largest absolute Gasteiger partial charge is 0.478 e. The number of carbonyl (C=O) groups is 1. The smallest absolute Gasteiger partial charge is 0.335 e. The van der Waals surface area contributed by atoms with Crippen LogP contribution in [0.1, 0.15) is 10.4 Å². The number of rotatable bonds is 4. The number of hydrogen-bond donors (Lipinski definition) is 1. The Hall–Kier alpha value is -3.29. The third kappa shape index (κ3) is 2.68. The van der Waals surface area contributed by atoms with E-state index in [0.29, 0.717) is 0 Å². The second-order valence-electron chi connectivity index (χ2n) is 4.07. The van der Waals surface area contributed by atoms with Crippen molar-refractivity contribution in [2.75, 3.05) is 0 Å². The first-order valence-corrected chi connectivity index (χ1v) is 5.67. The maximum Gasteiger partial charge on any atom is 0.335 e. The van der Waals surface area contributed by atoms with Crippen LogP contribution in [0.3, 0.4) is 0 Å². The number of benzene rings is 2. The molecule has 0 radical (unpaired) electrons. The maximum absolute atomic E-state index is 11.0. The van der Waals surface area contributed by atoms with E-state index in [-0.39, 0.29) is 16.7 Å². The quantitative estimate of drug-likeness (QED) is 0.681. The van der Waals surface area contributed by atoms with Gasteiger partial charge in [-0.25, -0.2) is 4.79 Å². The molecule has 21 heavy (non-hydrogen) atoms. The van der Waals surface area contributed by atoms with Crippen molar-refractivity contribution < 1.29 is 19.7 Å². The SMILES string of the molecule is O=C(O)c1ccc(-c2c([N+](=O)[O-])cccc2[N+](=O)[O-])cc1. The van der Waals surface area contributed by atoms with Crippen molar-refractivity contribution in [1.82, 2.24) is 0 Å². The minimum Gasteiger partial charge on any atom is -0.478 e. The molecule has 0 aliphatic carbocycles. The van der Waals surface area contributed by atoms with Crippen LogP contribution in [0.15, 0.2) is 42.5 Å². The van der Waals surface area contributed by atoms with Gasteiger partial charge in [0.25, 0.3) is 11.4 Å². The first-order chi connectivity index (χ1) is 9.91. The first kappa shape index (κ1) is 14.1. The number of nitrogens with zero attached hydrogens (tertiary/aromatic N) is 2. The maximum atomic E-state index is 11.0. The molecule has 0 saturated heterocycles. The van der Waals surface area contributed by atoms with Crippen LogP contribution in [0.2, 0.25) is 0 Å². The summed E-state index contributed by atoms with van der Waals surface area (Å²) >= 11 is 0. The van der Waals surface area contributed by atoms with E-state index in [1.54, 1.807) is 0 Å². The molecule has 0 amide bonds. The third-order valence-corrected chi connectivity index (χ3v) is 2.83. The van der Waals surface area contributed by atoms with E-state index in [1.165, 1.54) is 30.3 Å². The summed E-state index contributed by atoms with van der Waals surface area (Å²) in [5.74, 6) is -1.15. The van der Waals surface area contributed by atoms with Crippen LogP contribution in [0, 0.1) is 20.2 Å². The van der Waals surface area contributed by atoms with Crippen molar-refractivity contribution in [2.24, 2.45) is 0 Å². The Kier molecular flexibility index (Phi) is 3.61. The average Bonchev–Trinajstić information content (AvgIpc) is 2.46. The highest BCUT2D eigenvalue weighted by molar-refractivity contribution is 5.89. The number of carboxylic acid groups (broad SMARTS) is 1. The van der Waals surface area contributed by atoms with Crippen molar-refractivity contribution in [3.8, 4) is 11.1 Å². The Morgan fingerprint density at radius 1 is 0.905 bits per heavy atom. The van der Waals surface area contributed by atoms with Gasteiger partial charge in [0.2, 0.25) is 0 Å². The molecular weight excluding hydrogens is 280 g/mol.